The molecule has 0 saturated carbocycles. The SMILES string of the molecule is N=C(N)NCCC[C@H](NC(=O)CCOCCOCCOCCOCCOCCOCCOCCOCCNC(=O)c1ccc(OC(=O)CCOCCOCCOCCOCCOCCOCCNC(=S)Nc2ccc3c(c2)C(=O)OC32c3ccc(O)cc3Oc3cc(O)ccc32)cc1)C(=O)N[C@@H](CCCNC(=N)N)C(=O)NCC(=O)N[C@@H](Cc1c[nH]c2ccccc12)C(=O)O. The molecule has 0 saturated heterocycles. The normalized spacial score (nSPS) is 12.8. The minimum Gasteiger partial charge on any atom is -0.508 e. The summed E-state index contributed by atoms with van der Waals surface area (Å²) in [4.78, 5) is 107. The van der Waals surface area contributed by atoms with Gasteiger partial charge in [0.15, 0.2) is 22.6 Å². The third-order valence-electron chi connectivity index (χ3n) is 19.2. The van der Waals surface area contributed by atoms with E-state index < -0.39 is 71.8 Å². The molecule has 712 valence electrons. The molecule has 0 fully saturated rings. The molecule has 2 aliphatic rings. The molecule has 6 aromatic rings. The topological polar surface area (TPSA) is 578 Å². The van der Waals surface area contributed by atoms with Crippen LogP contribution < -0.4 is 68.8 Å². The number of esters is 2. The van der Waals surface area contributed by atoms with Crippen LogP contribution in [-0.4, -0.2) is 321 Å². The zero-order valence-corrected chi connectivity index (χ0v) is 73.3. The average molecular weight is 1840 g/mol. The molecule has 130 heavy (non-hydrogen) atoms. The van der Waals surface area contributed by atoms with Gasteiger partial charge in [0.2, 0.25) is 23.6 Å². The van der Waals surface area contributed by atoms with Gasteiger partial charge in [-0.1, -0.05) is 24.3 Å². The van der Waals surface area contributed by atoms with E-state index in [9.17, 15) is 53.7 Å². The lowest BCUT2D eigenvalue weighted by molar-refractivity contribution is -0.141. The second-order valence-corrected chi connectivity index (χ2v) is 29.3. The maximum Gasteiger partial charge on any atom is 0.340 e. The van der Waals surface area contributed by atoms with Crippen LogP contribution in [-0.2, 0) is 112 Å². The predicted octanol–water partition coefficient (Wildman–Crippen LogP) is 2.21. The summed E-state index contributed by atoms with van der Waals surface area (Å²) in [6.45, 7) is 9.39. The number of carbonyl (C=O) groups excluding carboxylic acids is 7. The molecule has 3 heterocycles. The van der Waals surface area contributed by atoms with E-state index >= 15 is 0 Å². The van der Waals surface area contributed by atoms with Crippen LogP contribution >= 0.6 is 12.2 Å². The van der Waals surface area contributed by atoms with E-state index in [1.807, 2.05) is 24.3 Å². The molecule has 0 radical (unpaired) electrons. The van der Waals surface area contributed by atoms with Crippen LogP contribution in [0, 0.1) is 10.8 Å². The second kappa shape index (κ2) is 59.6. The lowest BCUT2D eigenvalue weighted by atomic mass is 9.77. The molecule has 0 bridgehead atoms. The summed E-state index contributed by atoms with van der Waals surface area (Å²) in [6.07, 6.45) is 2.17. The van der Waals surface area contributed by atoms with Crippen LogP contribution in [0.3, 0.4) is 0 Å². The van der Waals surface area contributed by atoms with Crippen LogP contribution in [0.5, 0.6) is 28.7 Å². The number of thiocarbonyl (C=S) groups is 1. The number of carboxylic acids is 1. The Balaban J connectivity index is 0.519. The van der Waals surface area contributed by atoms with Crippen LogP contribution in [0.4, 0.5) is 5.69 Å². The quantitative estimate of drug-likeness (QED) is 0.00650. The number of para-hydroxylation sites is 1. The van der Waals surface area contributed by atoms with Crippen molar-refractivity contribution in [1.82, 2.24) is 47.5 Å². The first-order valence-corrected chi connectivity index (χ1v) is 43.1. The van der Waals surface area contributed by atoms with Gasteiger partial charge >= 0.3 is 17.9 Å². The number of anilines is 1. The number of phenols is 2. The van der Waals surface area contributed by atoms with Crippen molar-refractivity contribution >= 4 is 93.3 Å². The zero-order valence-electron chi connectivity index (χ0n) is 72.5. The molecular weight excluding hydrogens is 1720 g/mol. The van der Waals surface area contributed by atoms with Gasteiger partial charge in [-0.3, -0.25) is 39.6 Å². The lowest BCUT2D eigenvalue weighted by Crippen LogP contribution is -2.55. The summed E-state index contributed by atoms with van der Waals surface area (Å²) >= 11 is 5.49. The molecule has 1 aromatic heterocycles. The van der Waals surface area contributed by atoms with Gasteiger partial charge < -0.3 is 160 Å². The number of aromatic nitrogens is 1. The molecular formula is C87H120N14O28S. The van der Waals surface area contributed by atoms with Gasteiger partial charge in [-0.15, -0.1) is 0 Å². The maximum absolute atomic E-state index is 13.8. The fourth-order valence-electron chi connectivity index (χ4n) is 12.9. The number of H-pyrrole nitrogens is 1. The van der Waals surface area contributed by atoms with Gasteiger partial charge in [0.1, 0.15) is 46.9 Å². The van der Waals surface area contributed by atoms with Crippen molar-refractivity contribution < 1.29 is 134 Å². The summed E-state index contributed by atoms with van der Waals surface area (Å²) in [5.41, 5.74) is 13.8. The summed E-state index contributed by atoms with van der Waals surface area (Å²) in [7, 11) is 0. The van der Waals surface area contributed by atoms with Gasteiger partial charge in [-0.2, -0.15) is 0 Å². The Morgan fingerprint density at radius 1 is 0.469 bits per heavy atom. The first-order chi connectivity index (χ1) is 63.2. The monoisotopic (exact) mass is 1840 g/mol. The molecule has 43 heteroatoms. The lowest BCUT2D eigenvalue weighted by Gasteiger charge is -2.36. The number of aromatic hydroxyl groups is 2. The van der Waals surface area contributed by atoms with E-state index in [2.05, 4.69) is 52.8 Å². The van der Waals surface area contributed by atoms with Crippen molar-refractivity contribution in [3.8, 4) is 28.7 Å². The first kappa shape index (κ1) is 104. The molecule has 19 N–H and O–H groups in total. The second-order valence-electron chi connectivity index (χ2n) is 28.9. The van der Waals surface area contributed by atoms with Crippen molar-refractivity contribution in [1.29, 1.82) is 10.8 Å². The van der Waals surface area contributed by atoms with Crippen molar-refractivity contribution in [2.75, 3.05) is 223 Å². The Kier molecular flexibility index (Phi) is 47.6. The minimum absolute atomic E-state index is 0.00122. The third-order valence-corrected chi connectivity index (χ3v) is 19.5. The number of rotatable bonds is 69. The number of ether oxygens (including phenoxy) is 17. The molecule has 5 amide bonds. The van der Waals surface area contributed by atoms with Crippen LogP contribution in [0.15, 0.2) is 109 Å². The van der Waals surface area contributed by atoms with Crippen LogP contribution in [0.25, 0.3) is 10.9 Å². The maximum atomic E-state index is 13.8. The smallest absolute Gasteiger partial charge is 0.340 e. The molecule has 0 aliphatic carbocycles. The van der Waals surface area contributed by atoms with E-state index in [1.165, 1.54) is 36.4 Å². The Bertz CT molecular complexity index is 4480. The summed E-state index contributed by atoms with van der Waals surface area (Å²) in [5, 5.41) is 70.8. The number of aliphatic carboxylic acids is 1. The molecule has 1 spiro atoms. The average Bonchev–Trinajstić information content (AvgIpc) is 1.46. The van der Waals surface area contributed by atoms with Crippen LogP contribution in [0.2, 0.25) is 0 Å². The number of carbonyl (C=O) groups is 8. The number of nitrogens with one attached hydrogen (secondary N) is 12. The standard InChI is InChI=1S/C87H120N14O28S/c88-84(89)93-21-3-7-71(80(108)97-58-77(105)100-73(82(110)111)53-60-57-96-70-6-2-1-5-65(60)70)101-81(109)72(8-4-22-94-85(90)91)99-76(104)19-25-113-29-33-117-37-41-121-46-49-125-51-52-126-50-48-123-43-39-119-35-31-115-27-23-92-79(107)59-9-14-64(15-10-59)127-78(106)20-26-114-30-34-118-38-42-122-45-47-124-44-40-120-36-32-116-28-24-95-86(130)98-61-11-16-67-66(54-61)83(112)129-87(67)68-17-12-62(102)55-74(68)128-75-56-63(103)13-18-69(75)87/h1-2,5-6,9-18,54-57,71-73,96,102-103H,3-4,7-8,19-53,58H2,(H,92,107)(H,97,108)(H,99,104)(H,100,105)(H,101,109)(H,110,111)(H4,88,89,93)(H4,90,91,94)(H2,95,98,130)/t71-,72-,73-/m0/s1. The van der Waals surface area contributed by atoms with Crippen molar-refractivity contribution in [2.24, 2.45) is 11.5 Å². The van der Waals surface area contributed by atoms with Gasteiger partial charge in [0.25, 0.3) is 5.91 Å². The number of guanidine groups is 2. The summed E-state index contributed by atoms with van der Waals surface area (Å²) < 4.78 is 95.3. The molecule has 8 rings (SSSR count). The highest BCUT2D eigenvalue weighted by molar-refractivity contribution is 7.80. The predicted molar refractivity (Wildman–Crippen MR) is 474 cm³/mol. The van der Waals surface area contributed by atoms with E-state index in [0.29, 0.717) is 207 Å². The van der Waals surface area contributed by atoms with Gasteiger partial charge in [-0.05, 0) is 110 Å². The van der Waals surface area contributed by atoms with Crippen molar-refractivity contribution in [2.45, 2.75) is 68.7 Å². The molecule has 0 unspecified atom stereocenters. The minimum atomic E-state index is -1.36. The highest BCUT2D eigenvalue weighted by Gasteiger charge is 2.54. The number of fused-ring (bicyclic) bond motifs is 7. The Morgan fingerprint density at radius 3 is 1.41 bits per heavy atom. The fourth-order valence-corrected chi connectivity index (χ4v) is 13.2. The highest BCUT2D eigenvalue weighted by atomic mass is 32.1. The molecule has 3 atom stereocenters. The number of nitrogens with two attached hydrogens (primary N) is 2. The largest absolute Gasteiger partial charge is 0.508 e. The molecule has 42 nitrogen and oxygen atoms in total. The van der Waals surface area contributed by atoms with E-state index in [4.69, 9.17) is 115 Å². The number of phenolic OH excluding ortho intramolecular Hbond substituents is 2. The molecule has 2 aliphatic heterocycles. The van der Waals surface area contributed by atoms with E-state index in [0.717, 1.165) is 10.9 Å². The summed E-state index contributed by atoms with van der Waals surface area (Å²) in [5.74, 6) is -5.20. The number of carboxylic acid groups (broad SMARTS) is 1. The van der Waals surface area contributed by atoms with E-state index in [1.54, 1.807) is 48.7 Å². The Morgan fingerprint density at radius 2 is 0.915 bits per heavy atom. The summed E-state index contributed by atoms with van der Waals surface area (Å²) in [6, 6.07) is 24.2. The Labute approximate surface area is 757 Å². The van der Waals surface area contributed by atoms with E-state index in [-0.39, 0.29) is 140 Å². The van der Waals surface area contributed by atoms with Crippen molar-refractivity contribution in [3.05, 3.63) is 143 Å². The highest BCUT2D eigenvalue weighted by Crippen LogP contribution is 2.57. The number of hydrogen-bond acceptors (Lipinski definition) is 30. The number of aromatic amines is 1. The number of amides is 5. The van der Waals surface area contributed by atoms with Gasteiger partial charge in [0.05, 0.1) is 204 Å². The van der Waals surface area contributed by atoms with Gasteiger partial charge in [-0.25, -0.2) is 9.59 Å². The zero-order chi connectivity index (χ0) is 92.8. The number of hydrogen-bond donors (Lipinski definition) is 17. The Hall–Kier alpha value is -11.5. The number of benzene rings is 5. The fraction of sp³-hybridized carbons (Fsp3) is 0.506. The first-order valence-electron chi connectivity index (χ1n) is 42.7. The van der Waals surface area contributed by atoms with Crippen molar-refractivity contribution in [3.63, 3.8) is 0 Å². The third kappa shape index (κ3) is 38.3. The van der Waals surface area contributed by atoms with Crippen LogP contribution in [0.1, 0.15) is 81.5 Å². The van der Waals surface area contributed by atoms with Gasteiger partial charge in [0, 0.05) is 96.2 Å². The molecule has 5 aromatic carbocycles.